The van der Waals surface area contributed by atoms with Crippen LogP contribution >= 0.6 is 0 Å². The van der Waals surface area contributed by atoms with E-state index >= 15 is 0 Å². The Balaban J connectivity index is 2.42. The zero-order valence-corrected chi connectivity index (χ0v) is 12.3. The minimum Gasteiger partial charge on any atom is -0.457 e. The molecule has 0 saturated heterocycles. The average molecular weight is 254 g/mol. The molecule has 0 fully saturated rings. The molecule has 1 heteroatoms. The lowest BCUT2D eigenvalue weighted by atomic mass is 10.0. The van der Waals surface area contributed by atoms with E-state index in [1.807, 2.05) is 0 Å². The van der Waals surface area contributed by atoms with Gasteiger partial charge in [0.25, 0.3) is 0 Å². The first-order valence-corrected chi connectivity index (χ1v) is 7.02. The maximum atomic E-state index is 6.18. The summed E-state index contributed by atoms with van der Waals surface area (Å²) < 4.78 is 6.18. The van der Waals surface area contributed by atoms with Gasteiger partial charge in [-0.2, -0.15) is 0 Å². The van der Waals surface area contributed by atoms with Crippen molar-refractivity contribution in [3.05, 3.63) is 58.7 Å². The van der Waals surface area contributed by atoms with Crippen molar-refractivity contribution in [2.24, 2.45) is 0 Å². The Kier molecular flexibility index (Phi) is 4.26. The maximum absolute atomic E-state index is 6.18. The number of benzene rings is 2. The van der Waals surface area contributed by atoms with Crippen LogP contribution < -0.4 is 4.74 Å². The minimum atomic E-state index is 0.989. The van der Waals surface area contributed by atoms with Gasteiger partial charge in [-0.25, -0.2) is 0 Å². The standard InChI is InChI=1S/C18H22O/c1-5-15-13(3)9-7-11-17(15)19-18-12-8-10-14(4)16(18)6-2/h7-12H,5-6H2,1-4H3. The minimum absolute atomic E-state index is 0.989. The smallest absolute Gasteiger partial charge is 0.130 e. The van der Waals surface area contributed by atoms with Crippen LogP contribution in [0.1, 0.15) is 36.1 Å². The molecule has 0 bridgehead atoms. The molecule has 0 amide bonds. The quantitative estimate of drug-likeness (QED) is 0.726. The Bertz CT molecular complexity index is 518. The molecule has 19 heavy (non-hydrogen) atoms. The predicted octanol–water partition coefficient (Wildman–Crippen LogP) is 5.22. The zero-order valence-electron chi connectivity index (χ0n) is 12.3. The van der Waals surface area contributed by atoms with Crippen LogP contribution in [-0.2, 0) is 12.8 Å². The molecule has 0 spiro atoms. The largest absolute Gasteiger partial charge is 0.457 e. The van der Waals surface area contributed by atoms with Crippen LogP contribution in [0.4, 0.5) is 0 Å². The molecular formula is C18H22O. The molecule has 0 atom stereocenters. The van der Waals surface area contributed by atoms with E-state index in [-0.39, 0.29) is 0 Å². The third-order valence-electron chi connectivity index (χ3n) is 3.66. The highest BCUT2D eigenvalue weighted by atomic mass is 16.5. The monoisotopic (exact) mass is 254 g/mol. The number of ether oxygens (including phenoxy) is 1. The molecule has 0 N–H and O–H groups in total. The first-order valence-electron chi connectivity index (χ1n) is 7.02. The van der Waals surface area contributed by atoms with E-state index in [0.29, 0.717) is 0 Å². The molecular weight excluding hydrogens is 232 g/mol. The van der Waals surface area contributed by atoms with Gasteiger partial charge in [0.15, 0.2) is 0 Å². The Hall–Kier alpha value is -1.76. The lowest BCUT2D eigenvalue weighted by Crippen LogP contribution is -1.97. The average Bonchev–Trinajstić information content (AvgIpc) is 2.39. The fourth-order valence-corrected chi connectivity index (χ4v) is 2.57. The molecule has 2 aromatic rings. The number of aryl methyl sites for hydroxylation is 2. The van der Waals surface area contributed by atoms with Crippen molar-refractivity contribution in [1.82, 2.24) is 0 Å². The summed E-state index contributed by atoms with van der Waals surface area (Å²) in [4.78, 5) is 0. The predicted molar refractivity (Wildman–Crippen MR) is 81.2 cm³/mol. The van der Waals surface area contributed by atoms with Crippen LogP contribution in [-0.4, -0.2) is 0 Å². The summed E-state index contributed by atoms with van der Waals surface area (Å²) in [5.74, 6) is 1.98. The summed E-state index contributed by atoms with van der Waals surface area (Å²) in [6.07, 6.45) is 1.99. The molecule has 0 saturated carbocycles. The molecule has 0 heterocycles. The Labute approximate surface area is 116 Å². The molecule has 2 rings (SSSR count). The summed E-state index contributed by atoms with van der Waals surface area (Å²) in [7, 11) is 0. The molecule has 0 aliphatic carbocycles. The van der Waals surface area contributed by atoms with Crippen LogP contribution in [0.15, 0.2) is 36.4 Å². The van der Waals surface area contributed by atoms with Crippen molar-refractivity contribution >= 4 is 0 Å². The van der Waals surface area contributed by atoms with E-state index in [1.54, 1.807) is 0 Å². The first kappa shape index (κ1) is 13.7. The molecule has 0 unspecified atom stereocenters. The second kappa shape index (κ2) is 5.92. The van der Waals surface area contributed by atoms with Crippen molar-refractivity contribution in [1.29, 1.82) is 0 Å². The van der Waals surface area contributed by atoms with Gasteiger partial charge in [-0.3, -0.25) is 0 Å². The van der Waals surface area contributed by atoms with Gasteiger partial charge in [0.1, 0.15) is 11.5 Å². The van der Waals surface area contributed by atoms with E-state index in [2.05, 4.69) is 64.1 Å². The van der Waals surface area contributed by atoms with Crippen LogP contribution in [0, 0.1) is 13.8 Å². The van der Waals surface area contributed by atoms with Gasteiger partial charge in [0.2, 0.25) is 0 Å². The highest BCUT2D eigenvalue weighted by molar-refractivity contribution is 5.46. The van der Waals surface area contributed by atoms with Gasteiger partial charge in [-0.15, -0.1) is 0 Å². The van der Waals surface area contributed by atoms with Crippen LogP contribution in [0.2, 0.25) is 0 Å². The summed E-state index contributed by atoms with van der Waals surface area (Å²) in [6, 6.07) is 12.5. The normalized spacial score (nSPS) is 10.5. The van der Waals surface area contributed by atoms with Gasteiger partial charge in [0.05, 0.1) is 0 Å². The molecule has 100 valence electrons. The van der Waals surface area contributed by atoms with Crippen LogP contribution in [0.5, 0.6) is 11.5 Å². The third kappa shape index (κ3) is 2.81. The molecule has 0 aliphatic heterocycles. The topological polar surface area (TPSA) is 9.23 Å². The number of rotatable bonds is 4. The number of hydrogen-bond donors (Lipinski definition) is 0. The second-order valence-electron chi connectivity index (χ2n) is 4.91. The van der Waals surface area contributed by atoms with Gasteiger partial charge in [0, 0.05) is 0 Å². The van der Waals surface area contributed by atoms with Crippen LogP contribution in [0.25, 0.3) is 0 Å². The van der Waals surface area contributed by atoms with Crippen LogP contribution in [0.3, 0.4) is 0 Å². The first-order chi connectivity index (χ1) is 9.17. The van der Waals surface area contributed by atoms with Gasteiger partial charge in [-0.1, -0.05) is 38.1 Å². The molecule has 0 aliphatic rings. The highest BCUT2D eigenvalue weighted by Crippen LogP contribution is 2.31. The van der Waals surface area contributed by atoms with E-state index in [4.69, 9.17) is 4.74 Å². The van der Waals surface area contributed by atoms with Crippen molar-refractivity contribution in [2.75, 3.05) is 0 Å². The summed E-state index contributed by atoms with van der Waals surface area (Å²) >= 11 is 0. The van der Waals surface area contributed by atoms with Crippen molar-refractivity contribution in [3.63, 3.8) is 0 Å². The molecule has 0 radical (unpaired) electrons. The maximum Gasteiger partial charge on any atom is 0.130 e. The van der Waals surface area contributed by atoms with E-state index in [9.17, 15) is 0 Å². The fourth-order valence-electron chi connectivity index (χ4n) is 2.57. The van der Waals surface area contributed by atoms with E-state index in [0.717, 1.165) is 24.3 Å². The fraction of sp³-hybridized carbons (Fsp3) is 0.333. The Morgan fingerprint density at radius 1 is 0.737 bits per heavy atom. The second-order valence-corrected chi connectivity index (χ2v) is 4.91. The van der Waals surface area contributed by atoms with Crippen molar-refractivity contribution in [2.45, 2.75) is 40.5 Å². The SMILES string of the molecule is CCc1c(C)cccc1Oc1cccc(C)c1CC. The summed E-state index contributed by atoms with van der Waals surface area (Å²) in [5, 5.41) is 0. The lowest BCUT2D eigenvalue weighted by molar-refractivity contribution is 0.470. The summed E-state index contributed by atoms with van der Waals surface area (Å²) in [5.41, 5.74) is 5.19. The molecule has 2 aromatic carbocycles. The lowest BCUT2D eigenvalue weighted by Gasteiger charge is -2.16. The van der Waals surface area contributed by atoms with Gasteiger partial charge >= 0.3 is 0 Å². The Morgan fingerprint density at radius 2 is 1.16 bits per heavy atom. The zero-order chi connectivity index (χ0) is 13.8. The highest BCUT2D eigenvalue weighted by Gasteiger charge is 2.09. The van der Waals surface area contributed by atoms with E-state index < -0.39 is 0 Å². The Morgan fingerprint density at radius 3 is 1.53 bits per heavy atom. The molecule has 0 aromatic heterocycles. The third-order valence-corrected chi connectivity index (χ3v) is 3.66. The van der Waals surface area contributed by atoms with Crippen molar-refractivity contribution in [3.8, 4) is 11.5 Å². The van der Waals surface area contributed by atoms with Crippen molar-refractivity contribution < 1.29 is 4.74 Å². The van der Waals surface area contributed by atoms with Gasteiger partial charge < -0.3 is 4.74 Å². The van der Waals surface area contributed by atoms with E-state index in [1.165, 1.54) is 22.3 Å². The molecule has 1 nitrogen and oxygen atoms in total. The number of hydrogen-bond acceptors (Lipinski definition) is 1. The van der Waals surface area contributed by atoms with Gasteiger partial charge in [-0.05, 0) is 61.1 Å². The summed E-state index contributed by atoms with van der Waals surface area (Å²) in [6.45, 7) is 8.63.